The van der Waals surface area contributed by atoms with Gasteiger partial charge in [0.25, 0.3) is 0 Å². The summed E-state index contributed by atoms with van der Waals surface area (Å²) in [6, 6.07) is 0. The first kappa shape index (κ1) is 21.5. The Kier molecular flexibility index (Phi) is 19.0. The van der Waals surface area contributed by atoms with Gasteiger partial charge in [-0.3, -0.25) is 0 Å². The molecule has 0 aromatic rings. The Morgan fingerprint density at radius 2 is 0.857 bits per heavy atom. The second kappa shape index (κ2) is 18.5. The number of alkyl halides is 1. The summed E-state index contributed by atoms with van der Waals surface area (Å²) in [5, 5.41) is 0. The van der Waals surface area contributed by atoms with Gasteiger partial charge >= 0.3 is 0 Å². The molecule has 0 radical (unpaired) electrons. The van der Waals surface area contributed by atoms with Crippen LogP contribution in [-0.4, -0.2) is 4.83 Å². The third kappa shape index (κ3) is 18.4. The zero-order valence-electron chi connectivity index (χ0n) is 15.0. The average Bonchev–Trinajstić information content (AvgIpc) is 2.50. The van der Waals surface area contributed by atoms with Crippen LogP contribution in [0.25, 0.3) is 0 Å². The Morgan fingerprint density at radius 3 is 1.19 bits per heavy atom. The van der Waals surface area contributed by atoms with E-state index < -0.39 is 0 Å². The zero-order chi connectivity index (χ0) is 15.6. The van der Waals surface area contributed by atoms with Crippen molar-refractivity contribution in [3.63, 3.8) is 0 Å². The lowest BCUT2D eigenvalue weighted by Gasteiger charge is -2.06. The van der Waals surface area contributed by atoms with E-state index in [1.807, 2.05) is 0 Å². The highest BCUT2D eigenvalue weighted by atomic mass is 79.9. The van der Waals surface area contributed by atoms with Crippen molar-refractivity contribution < 1.29 is 0 Å². The molecule has 128 valence electrons. The van der Waals surface area contributed by atoms with Crippen LogP contribution in [0.15, 0.2) is 0 Å². The molecule has 0 nitrogen and oxygen atoms in total. The summed E-state index contributed by atoms with van der Waals surface area (Å²) < 4.78 is 0. The predicted octanol–water partition coefficient (Wildman–Crippen LogP) is 8.42. The molecule has 0 aliphatic rings. The van der Waals surface area contributed by atoms with Crippen molar-refractivity contribution in [2.45, 2.75) is 128 Å². The largest absolute Gasteiger partial charge is 0.0891 e. The summed E-state index contributed by atoms with van der Waals surface area (Å²) >= 11 is 3.72. The van der Waals surface area contributed by atoms with Gasteiger partial charge in [-0.1, -0.05) is 126 Å². The van der Waals surface area contributed by atoms with Crippen molar-refractivity contribution in [1.82, 2.24) is 0 Å². The Balaban J connectivity index is 2.96. The lowest BCUT2D eigenvalue weighted by atomic mass is 10.0. The van der Waals surface area contributed by atoms with Crippen LogP contribution in [-0.2, 0) is 0 Å². The molecule has 0 aliphatic carbocycles. The minimum Gasteiger partial charge on any atom is -0.0891 e. The molecule has 0 heterocycles. The average molecular weight is 361 g/mol. The normalized spacial score (nSPS) is 12.7. The van der Waals surface area contributed by atoms with Gasteiger partial charge in [0, 0.05) is 4.83 Å². The van der Waals surface area contributed by atoms with E-state index in [-0.39, 0.29) is 0 Å². The number of hydrogen-bond acceptors (Lipinski definition) is 0. The van der Waals surface area contributed by atoms with Crippen LogP contribution in [0.5, 0.6) is 0 Å². The molecule has 0 amide bonds. The van der Waals surface area contributed by atoms with Crippen molar-refractivity contribution in [2.75, 3.05) is 0 Å². The van der Waals surface area contributed by atoms with Crippen LogP contribution in [0.2, 0.25) is 0 Å². The topological polar surface area (TPSA) is 0 Å². The molecule has 0 rings (SSSR count). The summed E-state index contributed by atoms with van der Waals surface area (Å²) in [7, 11) is 0. The number of rotatable bonds is 17. The smallest absolute Gasteiger partial charge is 0.0143 e. The molecule has 0 aromatic heterocycles. The van der Waals surface area contributed by atoms with E-state index in [0.717, 1.165) is 4.83 Å². The summed E-state index contributed by atoms with van der Waals surface area (Å²) in [5.74, 6) is 0. The van der Waals surface area contributed by atoms with Crippen molar-refractivity contribution >= 4 is 15.9 Å². The Labute approximate surface area is 144 Å². The molecule has 0 saturated carbocycles. The molecule has 0 bridgehead atoms. The fourth-order valence-corrected chi connectivity index (χ4v) is 3.27. The van der Waals surface area contributed by atoms with E-state index >= 15 is 0 Å². The van der Waals surface area contributed by atoms with Gasteiger partial charge in [0.15, 0.2) is 0 Å². The molecule has 1 atom stereocenters. The minimum atomic E-state index is 0.763. The SMILES string of the molecule is CCCCCCCCCCCCCCCCCC(Br)CC. The standard InChI is InChI=1S/C20H41Br/c1-3-5-6-7-8-9-10-11-12-13-14-15-16-17-18-19-20(21)4-2/h20H,3-19H2,1-2H3. The van der Waals surface area contributed by atoms with Gasteiger partial charge in [-0.15, -0.1) is 0 Å². The molecule has 1 heteroatoms. The molecular weight excluding hydrogens is 320 g/mol. The van der Waals surface area contributed by atoms with E-state index in [4.69, 9.17) is 0 Å². The van der Waals surface area contributed by atoms with E-state index in [9.17, 15) is 0 Å². The summed E-state index contributed by atoms with van der Waals surface area (Å²) in [4.78, 5) is 0.763. The van der Waals surface area contributed by atoms with Gasteiger partial charge < -0.3 is 0 Å². The van der Waals surface area contributed by atoms with Crippen molar-refractivity contribution in [3.05, 3.63) is 0 Å². The van der Waals surface area contributed by atoms with Crippen molar-refractivity contribution in [3.8, 4) is 0 Å². The van der Waals surface area contributed by atoms with E-state index in [0.29, 0.717) is 0 Å². The third-order valence-corrected chi connectivity index (χ3v) is 5.67. The lowest BCUT2D eigenvalue weighted by Crippen LogP contribution is -1.94. The first-order chi connectivity index (χ1) is 10.3. The fourth-order valence-electron chi connectivity index (χ4n) is 2.94. The van der Waals surface area contributed by atoms with Gasteiger partial charge in [0.1, 0.15) is 0 Å². The van der Waals surface area contributed by atoms with Gasteiger partial charge in [-0.25, -0.2) is 0 Å². The second-order valence-corrected chi connectivity index (χ2v) is 8.04. The number of unbranched alkanes of at least 4 members (excludes halogenated alkanes) is 14. The quantitative estimate of drug-likeness (QED) is 0.180. The van der Waals surface area contributed by atoms with Gasteiger partial charge in [-0.2, -0.15) is 0 Å². The molecule has 0 aliphatic heterocycles. The Bertz CT molecular complexity index is 179. The van der Waals surface area contributed by atoms with Gasteiger partial charge in [0.05, 0.1) is 0 Å². The Hall–Kier alpha value is 0.480. The van der Waals surface area contributed by atoms with Gasteiger partial charge in [-0.05, 0) is 12.8 Å². The number of hydrogen-bond donors (Lipinski definition) is 0. The molecule has 0 N–H and O–H groups in total. The van der Waals surface area contributed by atoms with Crippen LogP contribution < -0.4 is 0 Å². The van der Waals surface area contributed by atoms with Crippen LogP contribution in [0.4, 0.5) is 0 Å². The highest BCUT2D eigenvalue weighted by molar-refractivity contribution is 9.09. The van der Waals surface area contributed by atoms with Crippen LogP contribution in [0.3, 0.4) is 0 Å². The van der Waals surface area contributed by atoms with Crippen molar-refractivity contribution in [1.29, 1.82) is 0 Å². The predicted molar refractivity (Wildman–Crippen MR) is 103 cm³/mol. The van der Waals surface area contributed by atoms with Crippen molar-refractivity contribution in [2.24, 2.45) is 0 Å². The maximum absolute atomic E-state index is 3.72. The van der Waals surface area contributed by atoms with E-state index in [1.54, 1.807) is 0 Å². The monoisotopic (exact) mass is 360 g/mol. The molecule has 0 saturated heterocycles. The maximum atomic E-state index is 3.72. The highest BCUT2D eigenvalue weighted by Gasteiger charge is 1.99. The molecule has 0 spiro atoms. The number of halogens is 1. The molecule has 1 unspecified atom stereocenters. The molecule has 21 heavy (non-hydrogen) atoms. The third-order valence-electron chi connectivity index (χ3n) is 4.56. The lowest BCUT2D eigenvalue weighted by molar-refractivity contribution is 0.528. The van der Waals surface area contributed by atoms with Crippen LogP contribution in [0, 0.1) is 0 Å². The first-order valence-electron chi connectivity index (χ1n) is 9.95. The fraction of sp³-hybridized carbons (Fsp3) is 1.00. The maximum Gasteiger partial charge on any atom is 0.0143 e. The summed E-state index contributed by atoms with van der Waals surface area (Å²) in [6.45, 7) is 4.56. The summed E-state index contributed by atoms with van der Waals surface area (Å²) in [5.41, 5.74) is 0. The highest BCUT2D eigenvalue weighted by Crippen LogP contribution is 2.16. The van der Waals surface area contributed by atoms with E-state index in [1.165, 1.54) is 109 Å². The first-order valence-corrected chi connectivity index (χ1v) is 10.9. The minimum absolute atomic E-state index is 0.763. The molecule has 0 aromatic carbocycles. The van der Waals surface area contributed by atoms with Gasteiger partial charge in [0.2, 0.25) is 0 Å². The summed E-state index contributed by atoms with van der Waals surface area (Å²) in [6.07, 6.45) is 24.5. The zero-order valence-corrected chi connectivity index (χ0v) is 16.6. The molecule has 0 fully saturated rings. The van der Waals surface area contributed by atoms with Crippen LogP contribution >= 0.6 is 15.9 Å². The van der Waals surface area contributed by atoms with E-state index in [2.05, 4.69) is 29.8 Å². The Morgan fingerprint density at radius 1 is 0.524 bits per heavy atom. The second-order valence-electron chi connectivity index (χ2n) is 6.74. The molecular formula is C20H41Br. The van der Waals surface area contributed by atoms with Crippen LogP contribution in [0.1, 0.15) is 123 Å².